The Morgan fingerprint density at radius 2 is 1.81 bits per heavy atom. The summed E-state index contributed by atoms with van der Waals surface area (Å²) in [5, 5.41) is 1.94. The van der Waals surface area contributed by atoms with Gasteiger partial charge in [-0.3, -0.25) is 0 Å². The zero-order valence-corrected chi connectivity index (χ0v) is 21.3. The van der Waals surface area contributed by atoms with E-state index >= 15 is 0 Å². The van der Waals surface area contributed by atoms with Crippen molar-refractivity contribution in [3.63, 3.8) is 0 Å². The standard InChI is InChI=1S/C19H18FN3O2S.3C2H6/c1-24-18-6-4-14(8-21-18)22-19(26-2)23-9-12(10-23)16-11-25-17-7-13(20)3-5-15(16)17;3*1-2/h3-8,11-12H,9-10H2,1-2H3;3*1-2H3. The summed E-state index contributed by atoms with van der Waals surface area (Å²) in [7, 11) is 1.59. The van der Waals surface area contributed by atoms with Crippen molar-refractivity contribution in [1.82, 2.24) is 9.88 Å². The summed E-state index contributed by atoms with van der Waals surface area (Å²) in [6.07, 6.45) is 5.46. The SMILES string of the molecule is CC.CC.CC.COc1ccc(N=C(SC)N2CC(c3coc4cc(F)ccc34)C2)cn1. The molecular formula is C25H36FN3O2S. The predicted octanol–water partition coefficient (Wildman–Crippen LogP) is 7.50. The zero-order chi connectivity index (χ0) is 24.1. The molecule has 1 aromatic carbocycles. The summed E-state index contributed by atoms with van der Waals surface area (Å²) in [5.41, 5.74) is 2.52. The number of benzene rings is 1. The second-order valence-electron chi connectivity index (χ2n) is 6.09. The molecule has 0 amide bonds. The highest BCUT2D eigenvalue weighted by molar-refractivity contribution is 8.13. The monoisotopic (exact) mass is 461 g/mol. The Morgan fingerprint density at radius 1 is 1.12 bits per heavy atom. The van der Waals surface area contributed by atoms with Crippen molar-refractivity contribution in [2.75, 3.05) is 26.5 Å². The van der Waals surface area contributed by atoms with E-state index in [1.807, 2.05) is 53.9 Å². The Morgan fingerprint density at radius 3 is 2.38 bits per heavy atom. The highest BCUT2D eigenvalue weighted by Gasteiger charge is 2.32. The highest BCUT2D eigenvalue weighted by atomic mass is 32.2. The van der Waals surface area contributed by atoms with Gasteiger partial charge in [-0.25, -0.2) is 14.4 Å². The number of furan rings is 1. The molecule has 0 atom stereocenters. The Balaban J connectivity index is 0.000000789. The predicted molar refractivity (Wildman–Crippen MR) is 136 cm³/mol. The zero-order valence-electron chi connectivity index (χ0n) is 20.5. The number of hydrogen-bond acceptors (Lipinski definition) is 5. The van der Waals surface area contributed by atoms with Gasteiger partial charge in [0.2, 0.25) is 5.88 Å². The molecule has 0 radical (unpaired) electrons. The number of hydrogen-bond donors (Lipinski definition) is 0. The van der Waals surface area contributed by atoms with Gasteiger partial charge in [0, 0.05) is 42.1 Å². The van der Waals surface area contributed by atoms with Crippen LogP contribution in [-0.4, -0.2) is 41.5 Å². The van der Waals surface area contributed by atoms with E-state index in [1.54, 1.807) is 43.5 Å². The average molecular weight is 462 g/mol. The summed E-state index contributed by atoms with van der Waals surface area (Å²) in [6.45, 7) is 13.7. The third-order valence-corrected chi connectivity index (χ3v) is 5.21. The first-order chi connectivity index (χ1) is 15.7. The number of nitrogens with zero attached hydrogens (tertiary/aromatic N) is 3. The van der Waals surface area contributed by atoms with Gasteiger partial charge in [-0.2, -0.15) is 0 Å². The van der Waals surface area contributed by atoms with E-state index in [9.17, 15) is 4.39 Å². The van der Waals surface area contributed by atoms with Crippen LogP contribution in [0.25, 0.3) is 11.0 Å². The molecule has 0 spiro atoms. The maximum atomic E-state index is 13.3. The molecule has 1 aliphatic heterocycles. The van der Waals surface area contributed by atoms with Gasteiger partial charge in [-0.15, -0.1) is 0 Å². The van der Waals surface area contributed by atoms with Crippen LogP contribution in [0.4, 0.5) is 10.1 Å². The molecule has 0 saturated carbocycles. The Labute approximate surface area is 196 Å². The van der Waals surface area contributed by atoms with E-state index in [2.05, 4.69) is 14.9 Å². The maximum absolute atomic E-state index is 13.3. The van der Waals surface area contributed by atoms with E-state index in [4.69, 9.17) is 9.15 Å². The first-order valence-electron chi connectivity index (χ1n) is 11.2. The lowest BCUT2D eigenvalue weighted by Gasteiger charge is -2.40. The van der Waals surface area contributed by atoms with E-state index in [-0.39, 0.29) is 5.82 Å². The van der Waals surface area contributed by atoms with Gasteiger partial charge in [0.25, 0.3) is 0 Å². The van der Waals surface area contributed by atoms with Crippen molar-refractivity contribution in [3.8, 4) is 5.88 Å². The van der Waals surface area contributed by atoms with E-state index in [0.717, 1.165) is 34.9 Å². The lowest BCUT2D eigenvalue weighted by Crippen LogP contribution is -2.47. The highest BCUT2D eigenvalue weighted by Crippen LogP contribution is 2.35. The molecule has 3 heterocycles. The van der Waals surface area contributed by atoms with Crippen molar-refractivity contribution in [3.05, 3.63) is 54.2 Å². The van der Waals surface area contributed by atoms with Crippen molar-refractivity contribution in [2.45, 2.75) is 47.5 Å². The number of likely N-dealkylation sites (tertiary alicyclic amines) is 1. The van der Waals surface area contributed by atoms with Crippen molar-refractivity contribution < 1.29 is 13.5 Å². The van der Waals surface area contributed by atoms with Crippen LogP contribution in [0.2, 0.25) is 0 Å². The molecule has 0 aliphatic carbocycles. The van der Waals surface area contributed by atoms with Gasteiger partial charge in [0.1, 0.15) is 11.4 Å². The Bertz CT molecular complexity index is 951. The molecule has 176 valence electrons. The third kappa shape index (κ3) is 6.73. The van der Waals surface area contributed by atoms with Crippen LogP contribution in [0.15, 0.2) is 52.2 Å². The van der Waals surface area contributed by atoms with Gasteiger partial charge < -0.3 is 14.1 Å². The quantitative estimate of drug-likeness (QED) is 0.298. The van der Waals surface area contributed by atoms with Crippen molar-refractivity contribution in [2.24, 2.45) is 4.99 Å². The van der Waals surface area contributed by atoms with Gasteiger partial charge >= 0.3 is 0 Å². The van der Waals surface area contributed by atoms with E-state index < -0.39 is 0 Å². The minimum Gasteiger partial charge on any atom is -0.481 e. The minimum absolute atomic E-state index is 0.279. The molecular weight excluding hydrogens is 425 g/mol. The molecule has 1 fully saturated rings. The van der Waals surface area contributed by atoms with E-state index in [0.29, 0.717) is 17.4 Å². The maximum Gasteiger partial charge on any atom is 0.213 e. The minimum atomic E-state index is -0.279. The molecule has 0 N–H and O–H groups in total. The van der Waals surface area contributed by atoms with Crippen LogP contribution in [0.5, 0.6) is 5.88 Å². The third-order valence-electron chi connectivity index (χ3n) is 4.50. The first kappa shape index (κ1) is 27.5. The Hall–Kier alpha value is -2.54. The molecule has 0 unspecified atom stereocenters. The summed E-state index contributed by atoms with van der Waals surface area (Å²) >= 11 is 1.61. The molecule has 5 nitrogen and oxygen atoms in total. The molecule has 1 saturated heterocycles. The van der Waals surface area contributed by atoms with Crippen LogP contribution in [-0.2, 0) is 0 Å². The molecule has 32 heavy (non-hydrogen) atoms. The van der Waals surface area contributed by atoms with Crippen LogP contribution < -0.4 is 4.74 Å². The number of amidine groups is 1. The number of halogens is 1. The smallest absolute Gasteiger partial charge is 0.213 e. The summed E-state index contributed by atoms with van der Waals surface area (Å²) in [4.78, 5) is 11.1. The fourth-order valence-electron chi connectivity index (χ4n) is 3.09. The summed E-state index contributed by atoms with van der Waals surface area (Å²) < 4.78 is 23.9. The lowest BCUT2D eigenvalue weighted by molar-refractivity contribution is 0.258. The van der Waals surface area contributed by atoms with Crippen molar-refractivity contribution >= 4 is 33.6 Å². The first-order valence-corrected chi connectivity index (χ1v) is 12.4. The number of thioether (sulfide) groups is 1. The topological polar surface area (TPSA) is 50.9 Å². The normalized spacial score (nSPS) is 13.0. The van der Waals surface area contributed by atoms with Gasteiger partial charge in [0.05, 0.1) is 25.3 Å². The van der Waals surface area contributed by atoms with Crippen molar-refractivity contribution in [1.29, 1.82) is 0 Å². The average Bonchev–Trinajstić information content (AvgIpc) is 3.24. The second-order valence-corrected chi connectivity index (χ2v) is 6.86. The van der Waals surface area contributed by atoms with E-state index in [1.165, 1.54) is 12.1 Å². The van der Waals surface area contributed by atoms with Crippen LogP contribution >= 0.6 is 11.8 Å². The number of pyridine rings is 1. The number of aromatic nitrogens is 1. The fraction of sp³-hybridized carbons (Fsp3) is 0.440. The number of ether oxygens (including phenoxy) is 1. The van der Waals surface area contributed by atoms with Gasteiger partial charge in [-0.1, -0.05) is 53.3 Å². The van der Waals surface area contributed by atoms with Crippen LogP contribution in [0, 0.1) is 5.82 Å². The largest absolute Gasteiger partial charge is 0.481 e. The molecule has 3 aromatic rings. The van der Waals surface area contributed by atoms with Crippen LogP contribution in [0.3, 0.4) is 0 Å². The number of rotatable bonds is 3. The molecule has 0 bridgehead atoms. The number of fused-ring (bicyclic) bond motifs is 1. The molecule has 2 aromatic heterocycles. The summed E-state index contributed by atoms with van der Waals surface area (Å²) in [6, 6.07) is 8.38. The summed E-state index contributed by atoms with van der Waals surface area (Å²) in [5.74, 6) is 0.647. The number of methoxy groups -OCH3 is 1. The van der Waals surface area contributed by atoms with Crippen LogP contribution in [0.1, 0.15) is 53.0 Å². The molecule has 7 heteroatoms. The fourth-order valence-corrected chi connectivity index (χ4v) is 3.69. The van der Waals surface area contributed by atoms with Gasteiger partial charge in [0.15, 0.2) is 5.17 Å². The molecule has 4 rings (SSSR count). The Kier molecular flexibility index (Phi) is 12.5. The number of aliphatic imine (C=N–C) groups is 1. The lowest BCUT2D eigenvalue weighted by atomic mass is 9.92. The molecule has 1 aliphatic rings. The second kappa shape index (κ2) is 14.5. The van der Waals surface area contributed by atoms with Gasteiger partial charge in [-0.05, 0) is 24.5 Å².